The molecule has 0 aromatic heterocycles. The van der Waals surface area contributed by atoms with Gasteiger partial charge >= 0.3 is 0 Å². The summed E-state index contributed by atoms with van der Waals surface area (Å²) >= 11 is 0. The fraction of sp³-hybridized carbons (Fsp3) is 0.474. The van der Waals surface area contributed by atoms with Crippen LogP contribution in [0.2, 0.25) is 0 Å². The maximum atomic E-state index is 6.11. The molecule has 0 bridgehead atoms. The zero-order valence-corrected chi connectivity index (χ0v) is 55.9. The summed E-state index contributed by atoms with van der Waals surface area (Å²) in [5.41, 5.74) is 11.4. The van der Waals surface area contributed by atoms with Gasteiger partial charge in [-0.05, 0) is 93.7 Å². The monoisotopic (exact) mass is 1300 g/mol. The molecule has 0 heterocycles. The number of ether oxygens (including phenoxy) is 18. The molecule has 18 heteroatoms. The third-order valence-electron chi connectivity index (χ3n) is 14.0. The summed E-state index contributed by atoms with van der Waals surface area (Å²) in [7, 11) is 3.30. The van der Waals surface area contributed by atoms with Crippen LogP contribution in [0.1, 0.15) is 36.1 Å². The van der Waals surface area contributed by atoms with Gasteiger partial charge in [0, 0.05) is 14.2 Å². The van der Waals surface area contributed by atoms with Crippen LogP contribution < -0.4 is 9.47 Å². The van der Waals surface area contributed by atoms with Crippen molar-refractivity contribution >= 4 is 24.3 Å². The molecule has 0 aliphatic carbocycles. The van der Waals surface area contributed by atoms with Crippen LogP contribution in [0.5, 0.6) is 11.5 Å². The van der Waals surface area contributed by atoms with E-state index in [9.17, 15) is 0 Å². The fourth-order valence-corrected chi connectivity index (χ4v) is 8.94. The van der Waals surface area contributed by atoms with Crippen LogP contribution in [0, 0.1) is 0 Å². The molecule has 0 saturated carbocycles. The molecule has 6 aromatic carbocycles. The van der Waals surface area contributed by atoms with Crippen LogP contribution in [0.25, 0.3) is 57.7 Å². The van der Waals surface area contributed by atoms with Gasteiger partial charge in [0.05, 0.1) is 198 Å². The Bertz CT molecular complexity index is 2620. The Morgan fingerprint density at radius 2 is 0.372 bits per heavy atom. The highest BCUT2D eigenvalue weighted by Crippen LogP contribution is 2.27. The van der Waals surface area contributed by atoms with Crippen LogP contribution in [0.3, 0.4) is 0 Å². The van der Waals surface area contributed by atoms with Crippen molar-refractivity contribution in [1.29, 1.82) is 0 Å². The van der Waals surface area contributed by atoms with Crippen molar-refractivity contribution in [1.82, 2.24) is 0 Å². The lowest BCUT2D eigenvalue weighted by atomic mass is 10.0. The molecule has 2 atom stereocenters. The molecule has 0 amide bonds. The van der Waals surface area contributed by atoms with Gasteiger partial charge in [-0.25, -0.2) is 0 Å². The minimum absolute atomic E-state index is 0.109. The molecule has 94 heavy (non-hydrogen) atoms. The molecule has 0 unspecified atom stereocenters. The third-order valence-corrected chi connectivity index (χ3v) is 14.0. The summed E-state index contributed by atoms with van der Waals surface area (Å²) in [6.45, 7) is 19.5. The van der Waals surface area contributed by atoms with E-state index in [1.54, 1.807) is 14.2 Å². The molecule has 0 radical (unpaired) electrons. The molecule has 6 rings (SSSR count). The van der Waals surface area contributed by atoms with Crippen LogP contribution in [-0.4, -0.2) is 225 Å². The minimum atomic E-state index is -0.109. The second kappa shape index (κ2) is 51.1. The Labute approximate surface area is 558 Å². The molecule has 514 valence electrons. The summed E-state index contributed by atoms with van der Waals surface area (Å²) in [6.07, 6.45) is 8.37. The maximum Gasteiger partial charge on any atom is 0.119 e. The molecule has 18 nitrogen and oxygen atoms in total. The average molecular weight is 1300 g/mol. The first-order valence-corrected chi connectivity index (χ1v) is 32.8. The van der Waals surface area contributed by atoms with Gasteiger partial charge in [-0.15, -0.1) is 0 Å². The summed E-state index contributed by atoms with van der Waals surface area (Å²) in [5.74, 6) is 1.60. The zero-order valence-electron chi connectivity index (χ0n) is 55.9. The van der Waals surface area contributed by atoms with Crippen molar-refractivity contribution in [3.05, 3.63) is 168 Å². The Balaban J connectivity index is 0.752. The van der Waals surface area contributed by atoms with Gasteiger partial charge in [-0.2, -0.15) is 0 Å². The summed E-state index contributed by atoms with van der Waals surface area (Å²) < 4.78 is 99.7. The second-order valence-electron chi connectivity index (χ2n) is 21.5. The van der Waals surface area contributed by atoms with Crippen molar-refractivity contribution in [2.24, 2.45) is 0 Å². The second-order valence-corrected chi connectivity index (χ2v) is 21.5. The molecule has 0 saturated heterocycles. The molecule has 0 spiro atoms. The topological polar surface area (TPSA) is 166 Å². The van der Waals surface area contributed by atoms with Crippen LogP contribution >= 0.6 is 0 Å². The predicted octanol–water partition coefficient (Wildman–Crippen LogP) is 12.1. The zero-order chi connectivity index (χ0) is 65.8. The van der Waals surface area contributed by atoms with E-state index >= 15 is 0 Å². The average Bonchev–Trinajstić information content (AvgIpc) is 1.62. The van der Waals surface area contributed by atoms with Gasteiger partial charge < -0.3 is 85.3 Å². The Morgan fingerprint density at radius 3 is 0.553 bits per heavy atom. The van der Waals surface area contributed by atoms with Crippen molar-refractivity contribution in [3.8, 4) is 44.9 Å². The highest BCUT2D eigenvalue weighted by atomic mass is 16.6. The largest absolute Gasteiger partial charge is 0.488 e. The third kappa shape index (κ3) is 35.5. The number of benzene rings is 6. The first-order chi connectivity index (χ1) is 46.4. The summed E-state index contributed by atoms with van der Waals surface area (Å²) in [6, 6.07) is 50.9. The maximum absolute atomic E-state index is 6.11. The molecule has 0 N–H and O–H groups in total. The van der Waals surface area contributed by atoms with E-state index in [0.717, 1.165) is 56.0 Å². The standard InChI is InChI=1S/C76H102O18/c1-63(61-91-59-57-89-55-53-87-51-49-85-47-45-83-43-41-81-39-37-79-35-33-77-3)93-75-29-25-73(26-30-75)71-21-13-67(14-22-71)7-5-65-9-17-69(18-10-65)70-19-11-66(12-20-70)6-8-68-15-23-72(24-16-68)74-27-31-76(32-28-74)94-64(2)62-92-60-58-90-56-54-88-52-50-86-48-46-84-44-42-82-40-38-80-36-34-78-4/h5-32,63-64H,33-62H2,1-4H3/b7-5+,8-6+/t63-,64+. The van der Waals surface area contributed by atoms with E-state index in [1.807, 2.05) is 38.1 Å². The molecule has 0 fully saturated rings. The van der Waals surface area contributed by atoms with Crippen LogP contribution in [0.15, 0.2) is 146 Å². The Hall–Kier alpha value is -6.24. The highest BCUT2D eigenvalue weighted by molar-refractivity contribution is 5.76. The van der Waals surface area contributed by atoms with Gasteiger partial charge in [-0.3, -0.25) is 0 Å². The van der Waals surface area contributed by atoms with Crippen LogP contribution in [0.4, 0.5) is 0 Å². The fourth-order valence-electron chi connectivity index (χ4n) is 8.94. The highest BCUT2D eigenvalue weighted by Gasteiger charge is 2.09. The lowest BCUT2D eigenvalue weighted by molar-refractivity contribution is -0.0244. The van der Waals surface area contributed by atoms with E-state index < -0.39 is 0 Å². The minimum Gasteiger partial charge on any atom is -0.488 e. The Kier molecular flexibility index (Phi) is 41.7. The van der Waals surface area contributed by atoms with Gasteiger partial charge in [0.1, 0.15) is 23.7 Å². The molecule has 0 aliphatic heterocycles. The lowest BCUT2D eigenvalue weighted by Crippen LogP contribution is -2.21. The van der Waals surface area contributed by atoms with E-state index in [0.29, 0.717) is 198 Å². The molecule has 0 aliphatic rings. The molecular weight excluding hydrogens is 1200 g/mol. The van der Waals surface area contributed by atoms with Gasteiger partial charge in [0.15, 0.2) is 0 Å². The predicted molar refractivity (Wildman–Crippen MR) is 369 cm³/mol. The molecule has 6 aromatic rings. The molecular formula is C76H102O18. The first-order valence-electron chi connectivity index (χ1n) is 32.8. The number of hydrogen-bond donors (Lipinski definition) is 0. The normalized spacial score (nSPS) is 12.3. The summed E-state index contributed by atoms with van der Waals surface area (Å²) in [4.78, 5) is 0. The van der Waals surface area contributed by atoms with Crippen molar-refractivity contribution in [3.63, 3.8) is 0 Å². The van der Waals surface area contributed by atoms with Crippen molar-refractivity contribution in [2.75, 3.05) is 212 Å². The first kappa shape index (κ1) is 76.8. The lowest BCUT2D eigenvalue weighted by Gasteiger charge is -2.15. The number of rotatable bonds is 57. The van der Waals surface area contributed by atoms with Gasteiger partial charge in [-0.1, -0.05) is 146 Å². The van der Waals surface area contributed by atoms with Gasteiger partial charge in [0.2, 0.25) is 0 Å². The van der Waals surface area contributed by atoms with Crippen LogP contribution in [-0.2, 0) is 75.8 Å². The Morgan fingerprint density at radius 1 is 0.213 bits per heavy atom. The van der Waals surface area contributed by atoms with E-state index in [1.165, 1.54) is 11.1 Å². The summed E-state index contributed by atoms with van der Waals surface area (Å²) in [5, 5.41) is 0. The smallest absolute Gasteiger partial charge is 0.119 e. The van der Waals surface area contributed by atoms with Gasteiger partial charge in [0.25, 0.3) is 0 Å². The van der Waals surface area contributed by atoms with E-state index in [2.05, 4.69) is 146 Å². The van der Waals surface area contributed by atoms with Crippen molar-refractivity contribution < 1.29 is 85.3 Å². The number of hydrogen-bond acceptors (Lipinski definition) is 18. The van der Waals surface area contributed by atoms with E-state index in [-0.39, 0.29) is 12.2 Å². The number of methoxy groups -OCH3 is 2. The SMILES string of the molecule is COCCOCCOCCOCCOCCOCCOCCOC[C@@H](C)Oc1ccc(-c2ccc(/C=C/c3ccc(-c4ccc(/C=C/c5ccc(-c6ccc(O[C@@H](C)COCCOCCOCCOCCOCCOCCOCCOC)cc6)cc5)cc4)cc3)cc2)cc1. The quantitative estimate of drug-likeness (QED) is 0.0261. The van der Waals surface area contributed by atoms with E-state index in [4.69, 9.17) is 85.3 Å². The van der Waals surface area contributed by atoms with Crippen molar-refractivity contribution in [2.45, 2.75) is 26.1 Å².